The van der Waals surface area contributed by atoms with Gasteiger partial charge in [-0.1, -0.05) is 60.9 Å². The third-order valence-corrected chi connectivity index (χ3v) is 8.51. The Morgan fingerprint density at radius 2 is 1.48 bits per heavy atom. The molecule has 3 rings (SSSR count). The summed E-state index contributed by atoms with van der Waals surface area (Å²) in [5.41, 5.74) is 3.22. The number of sulfonamides is 1. The van der Waals surface area contributed by atoms with Gasteiger partial charge in [0, 0.05) is 13.1 Å². The maximum atomic E-state index is 13.9. The number of aryl methyl sites for hydroxylation is 2. The molecule has 0 heterocycles. The zero-order chi connectivity index (χ0) is 29.3. The van der Waals surface area contributed by atoms with Gasteiger partial charge >= 0.3 is 0 Å². The number of carbonyl (C=O) groups excluding carboxylic acids is 2. The molecule has 3 aromatic carbocycles. The minimum Gasteiger partial charge on any atom is -0.497 e. The molecule has 40 heavy (non-hydrogen) atoms. The van der Waals surface area contributed by atoms with Crippen molar-refractivity contribution >= 4 is 27.5 Å². The molecule has 0 radical (unpaired) electrons. The van der Waals surface area contributed by atoms with Gasteiger partial charge in [-0.2, -0.15) is 0 Å². The van der Waals surface area contributed by atoms with E-state index in [2.05, 4.69) is 5.32 Å². The molecule has 3 aromatic rings. The third-order valence-electron chi connectivity index (χ3n) is 6.72. The van der Waals surface area contributed by atoms with E-state index in [-0.39, 0.29) is 17.3 Å². The number of methoxy groups -OCH3 is 1. The van der Waals surface area contributed by atoms with E-state index in [4.69, 9.17) is 4.74 Å². The summed E-state index contributed by atoms with van der Waals surface area (Å²) >= 11 is 0. The van der Waals surface area contributed by atoms with Crippen LogP contribution in [0.5, 0.6) is 5.75 Å². The number of anilines is 1. The Bertz CT molecular complexity index is 1370. The molecule has 1 atom stereocenters. The minimum absolute atomic E-state index is 0.0251. The minimum atomic E-state index is -4.13. The first-order chi connectivity index (χ1) is 19.1. The highest BCUT2D eigenvalue weighted by Gasteiger charge is 2.32. The average Bonchev–Trinajstić information content (AvgIpc) is 2.95. The van der Waals surface area contributed by atoms with Crippen molar-refractivity contribution in [2.45, 2.75) is 58.0 Å². The number of nitrogens with zero attached hydrogens (tertiary/aromatic N) is 2. The maximum Gasteiger partial charge on any atom is 0.264 e. The van der Waals surface area contributed by atoms with Crippen LogP contribution in [0.3, 0.4) is 0 Å². The largest absolute Gasteiger partial charge is 0.497 e. The Morgan fingerprint density at radius 1 is 0.900 bits per heavy atom. The van der Waals surface area contributed by atoms with E-state index in [1.54, 1.807) is 43.3 Å². The molecule has 0 aliphatic carbocycles. The molecule has 0 spiro atoms. The van der Waals surface area contributed by atoms with Gasteiger partial charge in [0.1, 0.15) is 18.3 Å². The number of hydrogen-bond acceptors (Lipinski definition) is 5. The smallest absolute Gasteiger partial charge is 0.264 e. The van der Waals surface area contributed by atoms with E-state index in [1.165, 1.54) is 24.1 Å². The van der Waals surface area contributed by atoms with Gasteiger partial charge in [-0.3, -0.25) is 13.9 Å². The lowest BCUT2D eigenvalue weighted by Gasteiger charge is -2.32. The van der Waals surface area contributed by atoms with Crippen LogP contribution in [-0.2, 0) is 26.2 Å². The molecule has 0 unspecified atom stereocenters. The number of ether oxygens (including phenoxy) is 1. The van der Waals surface area contributed by atoms with Crippen LogP contribution in [0.15, 0.2) is 77.7 Å². The first-order valence-electron chi connectivity index (χ1n) is 13.4. The summed E-state index contributed by atoms with van der Waals surface area (Å²) in [7, 11) is -2.63. The van der Waals surface area contributed by atoms with E-state index in [9.17, 15) is 18.0 Å². The van der Waals surface area contributed by atoms with Gasteiger partial charge in [0.2, 0.25) is 11.8 Å². The normalized spacial score (nSPS) is 11.9. The fraction of sp³-hybridized carbons (Fsp3) is 0.355. The van der Waals surface area contributed by atoms with Gasteiger partial charge < -0.3 is 15.0 Å². The van der Waals surface area contributed by atoms with Crippen LogP contribution >= 0.6 is 0 Å². The number of carbonyl (C=O) groups is 2. The van der Waals surface area contributed by atoms with E-state index in [1.807, 2.05) is 45.0 Å². The monoisotopic (exact) mass is 565 g/mol. The summed E-state index contributed by atoms with van der Waals surface area (Å²) in [4.78, 5) is 28.4. The fourth-order valence-electron chi connectivity index (χ4n) is 4.12. The molecule has 0 fully saturated rings. The van der Waals surface area contributed by atoms with Crippen molar-refractivity contribution in [1.29, 1.82) is 0 Å². The lowest BCUT2D eigenvalue weighted by molar-refractivity contribution is -0.139. The zero-order valence-corrected chi connectivity index (χ0v) is 24.7. The Labute approximate surface area is 238 Å². The molecular weight excluding hydrogens is 526 g/mol. The standard InChI is InChI=1S/C31H39N3O5S/c1-6-7-20-32-31(36)25(4)33(21-26-12-8-23(2)9-13-26)30(35)22-34(27-14-10-24(3)11-15-27)40(37,38)29-18-16-28(39-5)17-19-29/h8-19,25H,6-7,20-22H2,1-5H3,(H,32,36)/t25-/m0/s1. The van der Waals surface area contributed by atoms with Crippen LogP contribution in [0, 0.1) is 13.8 Å². The fourth-order valence-corrected chi connectivity index (χ4v) is 5.54. The van der Waals surface area contributed by atoms with Gasteiger partial charge in [-0.15, -0.1) is 0 Å². The SMILES string of the molecule is CCCCNC(=O)[C@H](C)N(Cc1ccc(C)cc1)C(=O)CN(c1ccc(C)cc1)S(=O)(=O)c1ccc(OC)cc1. The number of unbranched alkanes of at least 4 members (excludes halogenated alkanes) is 1. The molecule has 1 N–H and O–H groups in total. The zero-order valence-electron chi connectivity index (χ0n) is 23.9. The molecule has 0 bridgehead atoms. The predicted octanol–water partition coefficient (Wildman–Crippen LogP) is 4.84. The molecule has 0 aliphatic heterocycles. The predicted molar refractivity (Wildman–Crippen MR) is 158 cm³/mol. The van der Waals surface area contributed by atoms with E-state index in [0.717, 1.165) is 33.8 Å². The number of benzene rings is 3. The lowest BCUT2D eigenvalue weighted by Crippen LogP contribution is -2.51. The van der Waals surface area contributed by atoms with Crippen molar-refractivity contribution in [3.05, 3.63) is 89.5 Å². The average molecular weight is 566 g/mol. The summed E-state index contributed by atoms with van der Waals surface area (Å²) in [5, 5.41) is 2.90. The molecule has 2 amide bonds. The Kier molecular flexibility index (Phi) is 10.7. The van der Waals surface area contributed by atoms with Crippen molar-refractivity contribution in [2.75, 3.05) is 24.5 Å². The van der Waals surface area contributed by atoms with E-state index < -0.39 is 28.5 Å². The van der Waals surface area contributed by atoms with Crippen molar-refractivity contribution in [2.24, 2.45) is 0 Å². The van der Waals surface area contributed by atoms with Crippen molar-refractivity contribution in [1.82, 2.24) is 10.2 Å². The van der Waals surface area contributed by atoms with Gasteiger partial charge in [-0.05, 0) is 69.2 Å². The highest BCUT2D eigenvalue weighted by Crippen LogP contribution is 2.26. The highest BCUT2D eigenvalue weighted by atomic mass is 32.2. The second-order valence-electron chi connectivity index (χ2n) is 9.85. The lowest BCUT2D eigenvalue weighted by atomic mass is 10.1. The quantitative estimate of drug-likeness (QED) is 0.299. The third kappa shape index (κ3) is 7.85. The van der Waals surface area contributed by atoms with Crippen LogP contribution in [0.1, 0.15) is 43.4 Å². The topological polar surface area (TPSA) is 96.0 Å². The molecule has 8 nitrogen and oxygen atoms in total. The van der Waals surface area contributed by atoms with E-state index in [0.29, 0.717) is 18.0 Å². The Morgan fingerprint density at radius 3 is 2.02 bits per heavy atom. The Hall–Kier alpha value is -3.85. The van der Waals surface area contributed by atoms with E-state index >= 15 is 0 Å². The molecule has 0 aliphatic rings. The van der Waals surface area contributed by atoms with Gasteiger partial charge in [0.15, 0.2) is 0 Å². The summed E-state index contributed by atoms with van der Waals surface area (Å²) in [6.07, 6.45) is 1.75. The molecule has 214 valence electrons. The van der Waals surface area contributed by atoms with Gasteiger partial charge in [-0.25, -0.2) is 8.42 Å². The summed E-state index contributed by atoms with van der Waals surface area (Å²) in [5.74, 6) is -0.255. The van der Waals surface area contributed by atoms with Crippen LogP contribution < -0.4 is 14.4 Å². The van der Waals surface area contributed by atoms with Crippen LogP contribution in [0.25, 0.3) is 0 Å². The second-order valence-corrected chi connectivity index (χ2v) is 11.7. The maximum absolute atomic E-state index is 13.9. The molecule has 0 aromatic heterocycles. The second kappa shape index (κ2) is 14.0. The van der Waals surface area contributed by atoms with Crippen LogP contribution in [-0.4, -0.2) is 51.4 Å². The van der Waals surface area contributed by atoms with Crippen LogP contribution in [0.2, 0.25) is 0 Å². The first-order valence-corrected chi connectivity index (χ1v) is 14.9. The van der Waals surface area contributed by atoms with Crippen molar-refractivity contribution < 1.29 is 22.7 Å². The first kappa shape index (κ1) is 30.7. The van der Waals surface area contributed by atoms with Crippen molar-refractivity contribution in [3.63, 3.8) is 0 Å². The van der Waals surface area contributed by atoms with Gasteiger partial charge in [0.05, 0.1) is 17.7 Å². The summed E-state index contributed by atoms with van der Waals surface area (Å²) < 4.78 is 34.0. The van der Waals surface area contributed by atoms with Crippen LogP contribution in [0.4, 0.5) is 5.69 Å². The number of rotatable bonds is 13. The highest BCUT2D eigenvalue weighted by molar-refractivity contribution is 7.92. The summed E-state index contributed by atoms with van der Waals surface area (Å²) in [6.45, 7) is 7.77. The Balaban J connectivity index is 1.99. The molecule has 0 saturated heterocycles. The van der Waals surface area contributed by atoms with Gasteiger partial charge in [0.25, 0.3) is 10.0 Å². The number of nitrogens with one attached hydrogen (secondary N) is 1. The summed E-state index contributed by atoms with van der Waals surface area (Å²) in [6, 6.07) is 19.9. The number of hydrogen-bond donors (Lipinski definition) is 1. The molecule has 9 heteroatoms. The molecule has 0 saturated carbocycles. The van der Waals surface area contributed by atoms with Crippen molar-refractivity contribution in [3.8, 4) is 5.75 Å². The number of amides is 2. The molecular formula is C31H39N3O5S.